The molecule has 0 unspecified atom stereocenters. The van der Waals surface area contributed by atoms with Crippen LogP contribution in [0.2, 0.25) is 5.02 Å². The van der Waals surface area contributed by atoms with E-state index in [9.17, 15) is 0 Å². The molecule has 0 aliphatic heterocycles. The molecule has 2 heterocycles. The zero-order chi connectivity index (χ0) is 13.8. The maximum Gasteiger partial charge on any atom is 0.219 e. The molecule has 19 heavy (non-hydrogen) atoms. The second-order valence-electron chi connectivity index (χ2n) is 4.46. The SMILES string of the molecule is CNCc1nc(Oc2cnn(C(C)C)c2)ccc1Cl. The van der Waals surface area contributed by atoms with E-state index in [4.69, 9.17) is 16.3 Å². The molecule has 0 atom stereocenters. The summed E-state index contributed by atoms with van der Waals surface area (Å²) in [5.74, 6) is 1.18. The number of halogens is 1. The molecule has 0 saturated heterocycles. The van der Waals surface area contributed by atoms with Crippen LogP contribution in [0.15, 0.2) is 24.5 Å². The fourth-order valence-electron chi connectivity index (χ4n) is 1.59. The van der Waals surface area contributed by atoms with E-state index in [2.05, 4.69) is 29.2 Å². The van der Waals surface area contributed by atoms with E-state index in [-0.39, 0.29) is 0 Å². The van der Waals surface area contributed by atoms with Crippen LogP contribution in [0.4, 0.5) is 0 Å². The van der Waals surface area contributed by atoms with Crippen molar-refractivity contribution < 1.29 is 4.74 Å². The second-order valence-corrected chi connectivity index (χ2v) is 4.87. The molecule has 0 spiro atoms. The highest BCUT2D eigenvalue weighted by Gasteiger charge is 2.07. The molecule has 102 valence electrons. The van der Waals surface area contributed by atoms with E-state index in [0.29, 0.717) is 29.2 Å². The van der Waals surface area contributed by atoms with E-state index in [1.807, 2.05) is 17.9 Å². The highest BCUT2D eigenvalue weighted by molar-refractivity contribution is 6.31. The summed E-state index contributed by atoms with van der Waals surface area (Å²) in [7, 11) is 1.85. The third-order valence-corrected chi connectivity index (χ3v) is 2.91. The fraction of sp³-hybridized carbons (Fsp3) is 0.385. The number of nitrogens with one attached hydrogen (secondary N) is 1. The Balaban J connectivity index is 2.15. The van der Waals surface area contributed by atoms with Gasteiger partial charge in [-0.1, -0.05) is 11.6 Å². The van der Waals surface area contributed by atoms with Crippen molar-refractivity contribution in [1.82, 2.24) is 20.1 Å². The third-order valence-electron chi connectivity index (χ3n) is 2.57. The van der Waals surface area contributed by atoms with E-state index >= 15 is 0 Å². The van der Waals surface area contributed by atoms with Crippen LogP contribution in [0.25, 0.3) is 0 Å². The minimum Gasteiger partial charge on any atom is -0.436 e. The van der Waals surface area contributed by atoms with Crippen molar-refractivity contribution in [3.05, 3.63) is 35.2 Å². The van der Waals surface area contributed by atoms with Crippen molar-refractivity contribution in [3.63, 3.8) is 0 Å². The molecule has 0 bridgehead atoms. The molecule has 5 nitrogen and oxygen atoms in total. The number of nitrogens with zero attached hydrogens (tertiary/aromatic N) is 3. The van der Waals surface area contributed by atoms with Gasteiger partial charge in [-0.05, 0) is 27.0 Å². The number of hydrogen-bond donors (Lipinski definition) is 1. The van der Waals surface area contributed by atoms with E-state index in [1.165, 1.54) is 0 Å². The van der Waals surface area contributed by atoms with Crippen LogP contribution in [0.1, 0.15) is 25.6 Å². The molecule has 0 saturated carbocycles. The van der Waals surface area contributed by atoms with Crippen molar-refractivity contribution in [2.45, 2.75) is 26.4 Å². The number of hydrogen-bond acceptors (Lipinski definition) is 4. The maximum atomic E-state index is 6.05. The van der Waals surface area contributed by atoms with Gasteiger partial charge >= 0.3 is 0 Å². The first-order valence-corrected chi connectivity index (χ1v) is 6.50. The van der Waals surface area contributed by atoms with Gasteiger partial charge in [0, 0.05) is 18.7 Å². The molecular formula is C13H17ClN4O. The van der Waals surface area contributed by atoms with Gasteiger partial charge in [0.2, 0.25) is 5.88 Å². The van der Waals surface area contributed by atoms with Crippen molar-refractivity contribution in [2.75, 3.05) is 7.05 Å². The first-order chi connectivity index (χ1) is 9.10. The van der Waals surface area contributed by atoms with Crippen LogP contribution in [-0.4, -0.2) is 21.8 Å². The smallest absolute Gasteiger partial charge is 0.219 e. The minimum absolute atomic E-state index is 0.301. The number of aromatic nitrogens is 3. The topological polar surface area (TPSA) is 52.0 Å². The molecule has 0 aliphatic carbocycles. The summed E-state index contributed by atoms with van der Waals surface area (Å²) in [5.41, 5.74) is 0.762. The number of rotatable bonds is 5. The van der Waals surface area contributed by atoms with Gasteiger partial charge in [-0.2, -0.15) is 5.10 Å². The quantitative estimate of drug-likeness (QED) is 0.915. The Kier molecular flexibility index (Phi) is 4.39. The van der Waals surface area contributed by atoms with Gasteiger partial charge in [0.15, 0.2) is 5.75 Å². The molecule has 6 heteroatoms. The van der Waals surface area contributed by atoms with Gasteiger partial charge in [0.1, 0.15) is 0 Å². The lowest BCUT2D eigenvalue weighted by Crippen LogP contribution is -2.07. The minimum atomic E-state index is 0.301. The largest absolute Gasteiger partial charge is 0.436 e. The summed E-state index contributed by atoms with van der Waals surface area (Å²) in [6.45, 7) is 4.71. The highest BCUT2D eigenvalue weighted by Crippen LogP contribution is 2.23. The Morgan fingerprint density at radius 1 is 1.42 bits per heavy atom. The van der Waals surface area contributed by atoms with Crippen molar-refractivity contribution in [3.8, 4) is 11.6 Å². The Bertz CT molecular complexity index is 553. The number of ether oxygens (including phenoxy) is 1. The van der Waals surface area contributed by atoms with E-state index in [0.717, 1.165) is 5.69 Å². The predicted molar refractivity (Wildman–Crippen MR) is 74.7 cm³/mol. The Hall–Kier alpha value is -1.59. The standard InChI is InChI=1S/C13H17ClN4O/c1-9(2)18-8-10(6-16-18)19-13-5-4-11(14)12(17-13)7-15-3/h4-6,8-9,15H,7H2,1-3H3. The lowest BCUT2D eigenvalue weighted by Gasteiger charge is -2.06. The van der Waals surface area contributed by atoms with Crippen LogP contribution in [-0.2, 0) is 6.54 Å². The van der Waals surface area contributed by atoms with Gasteiger partial charge < -0.3 is 10.1 Å². The summed E-state index contributed by atoms with van der Waals surface area (Å²) >= 11 is 6.05. The second kappa shape index (κ2) is 6.04. The first kappa shape index (κ1) is 13.8. The van der Waals surface area contributed by atoms with Crippen LogP contribution >= 0.6 is 11.6 Å². The lowest BCUT2D eigenvalue weighted by molar-refractivity contribution is 0.456. The normalized spacial score (nSPS) is 11.0. The van der Waals surface area contributed by atoms with Crippen molar-refractivity contribution in [1.29, 1.82) is 0 Å². The van der Waals surface area contributed by atoms with Crippen LogP contribution < -0.4 is 10.1 Å². The zero-order valence-corrected chi connectivity index (χ0v) is 12.0. The molecular weight excluding hydrogens is 264 g/mol. The van der Waals surface area contributed by atoms with Crippen LogP contribution in [0, 0.1) is 0 Å². The first-order valence-electron chi connectivity index (χ1n) is 6.12. The third kappa shape index (κ3) is 3.45. The molecule has 0 aromatic carbocycles. The van der Waals surface area contributed by atoms with Crippen LogP contribution in [0.5, 0.6) is 11.6 Å². The Morgan fingerprint density at radius 3 is 2.84 bits per heavy atom. The summed E-state index contributed by atoms with van der Waals surface area (Å²) in [6.07, 6.45) is 3.52. The maximum absolute atomic E-state index is 6.05. The summed E-state index contributed by atoms with van der Waals surface area (Å²) in [5, 5.41) is 7.85. The molecule has 0 aliphatic rings. The van der Waals surface area contributed by atoms with E-state index in [1.54, 1.807) is 18.3 Å². The summed E-state index contributed by atoms with van der Waals surface area (Å²) < 4.78 is 7.50. The van der Waals surface area contributed by atoms with Gasteiger partial charge in [0.05, 0.1) is 23.1 Å². The molecule has 0 radical (unpaired) electrons. The fourth-order valence-corrected chi connectivity index (χ4v) is 1.76. The average Bonchev–Trinajstić information content (AvgIpc) is 2.82. The zero-order valence-electron chi connectivity index (χ0n) is 11.2. The number of pyridine rings is 1. The van der Waals surface area contributed by atoms with Gasteiger partial charge in [-0.25, -0.2) is 4.98 Å². The molecule has 2 rings (SSSR count). The van der Waals surface area contributed by atoms with Gasteiger partial charge in [-0.3, -0.25) is 4.68 Å². The van der Waals surface area contributed by atoms with Crippen molar-refractivity contribution >= 4 is 11.6 Å². The highest BCUT2D eigenvalue weighted by atomic mass is 35.5. The Morgan fingerprint density at radius 2 is 2.21 bits per heavy atom. The molecule has 0 fully saturated rings. The van der Waals surface area contributed by atoms with Crippen molar-refractivity contribution in [2.24, 2.45) is 0 Å². The molecule has 1 N–H and O–H groups in total. The summed E-state index contributed by atoms with van der Waals surface area (Å²) in [4.78, 5) is 4.36. The lowest BCUT2D eigenvalue weighted by atomic mass is 10.3. The van der Waals surface area contributed by atoms with Crippen LogP contribution in [0.3, 0.4) is 0 Å². The molecule has 2 aromatic rings. The predicted octanol–water partition coefficient (Wildman–Crippen LogP) is 3.02. The van der Waals surface area contributed by atoms with E-state index < -0.39 is 0 Å². The van der Waals surface area contributed by atoms with Gasteiger partial charge in [0.25, 0.3) is 0 Å². The molecule has 0 amide bonds. The van der Waals surface area contributed by atoms with Gasteiger partial charge in [-0.15, -0.1) is 0 Å². The Labute approximate surface area is 117 Å². The summed E-state index contributed by atoms with van der Waals surface area (Å²) in [6, 6.07) is 3.83. The monoisotopic (exact) mass is 280 g/mol. The molecule has 2 aromatic heterocycles. The average molecular weight is 281 g/mol.